The van der Waals surface area contributed by atoms with E-state index in [0.29, 0.717) is 11.8 Å². The van der Waals surface area contributed by atoms with Gasteiger partial charge in [-0.25, -0.2) is 0 Å². The summed E-state index contributed by atoms with van der Waals surface area (Å²) in [5.74, 6) is 1.59. The van der Waals surface area contributed by atoms with Gasteiger partial charge in [-0.2, -0.15) is 0 Å². The topological polar surface area (TPSA) is 38.3 Å². The average molecular weight is 155 g/mol. The fraction of sp³-hybridized carbons (Fsp3) is 0.875. The van der Waals surface area contributed by atoms with Crippen LogP contribution in [0.4, 0.5) is 0 Å². The van der Waals surface area contributed by atoms with E-state index in [2.05, 4.69) is 5.32 Å². The van der Waals surface area contributed by atoms with Crippen molar-refractivity contribution in [3.05, 3.63) is 0 Å². The normalized spacial score (nSPS) is 39.9. The number of fused-ring (bicyclic) bond motifs is 1. The van der Waals surface area contributed by atoms with Crippen LogP contribution in [0.25, 0.3) is 0 Å². The summed E-state index contributed by atoms with van der Waals surface area (Å²) in [6.07, 6.45) is 0. The van der Waals surface area contributed by atoms with Gasteiger partial charge in [0.2, 0.25) is 5.91 Å². The zero-order chi connectivity index (χ0) is 7.84. The summed E-state index contributed by atoms with van der Waals surface area (Å²) >= 11 is 0. The molecule has 0 aromatic heterocycles. The van der Waals surface area contributed by atoms with E-state index in [1.807, 2.05) is 6.92 Å². The van der Waals surface area contributed by atoms with Gasteiger partial charge in [0.15, 0.2) is 0 Å². The standard InChI is InChI=1S/C8H13NO2/c1-2-9-8(10)7-5-3-11-4-6(5)7/h5-7H,2-4H2,1H3,(H,9,10). The zero-order valence-corrected chi connectivity index (χ0v) is 6.67. The smallest absolute Gasteiger partial charge is 0.223 e. The number of carbonyl (C=O) groups excluding carboxylic acids is 1. The van der Waals surface area contributed by atoms with Gasteiger partial charge in [0.05, 0.1) is 13.2 Å². The van der Waals surface area contributed by atoms with E-state index in [1.54, 1.807) is 0 Å². The van der Waals surface area contributed by atoms with Gasteiger partial charge in [-0.05, 0) is 18.8 Å². The largest absolute Gasteiger partial charge is 0.381 e. The lowest BCUT2D eigenvalue weighted by atomic mass is 10.3. The summed E-state index contributed by atoms with van der Waals surface area (Å²) in [4.78, 5) is 11.3. The van der Waals surface area contributed by atoms with Crippen molar-refractivity contribution in [3.8, 4) is 0 Å². The molecule has 3 nitrogen and oxygen atoms in total. The molecular weight excluding hydrogens is 142 g/mol. The number of amides is 1. The molecule has 2 fully saturated rings. The first-order chi connectivity index (χ1) is 5.34. The monoisotopic (exact) mass is 155 g/mol. The molecule has 2 rings (SSSR count). The highest BCUT2D eigenvalue weighted by Crippen LogP contribution is 2.50. The molecule has 0 radical (unpaired) electrons. The lowest BCUT2D eigenvalue weighted by molar-refractivity contribution is -0.123. The fourth-order valence-electron chi connectivity index (χ4n) is 1.92. The Bertz CT molecular complexity index is 171. The Morgan fingerprint density at radius 1 is 1.55 bits per heavy atom. The fourth-order valence-corrected chi connectivity index (χ4v) is 1.92. The molecule has 1 aliphatic carbocycles. The number of carbonyl (C=O) groups is 1. The molecule has 1 heterocycles. The Kier molecular flexibility index (Phi) is 1.60. The third-order valence-electron chi connectivity index (χ3n) is 2.61. The van der Waals surface area contributed by atoms with Gasteiger partial charge >= 0.3 is 0 Å². The summed E-state index contributed by atoms with van der Waals surface area (Å²) in [6.45, 7) is 4.29. The second-order valence-electron chi connectivity index (χ2n) is 3.29. The highest BCUT2D eigenvalue weighted by molar-refractivity contribution is 5.82. The van der Waals surface area contributed by atoms with Crippen LogP contribution in [0.5, 0.6) is 0 Å². The number of hydrogen-bond acceptors (Lipinski definition) is 2. The van der Waals surface area contributed by atoms with Crippen LogP contribution in [0.1, 0.15) is 6.92 Å². The maximum atomic E-state index is 11.3. The molecule has 62 valence electrons. The van der Waals surface area contributed by atoms with Gasteiger partial charge in [0, 0.05) is 12.5 Å². The molecule has 1 saturated carbocycles. The van der Waals surface area contributed by atoms with E-state index in [4.69, 9.17) is 4.74 Å². The Hall–Kier alpha value is -0.570. The molecule has 0 aromatic rings. The van der Waals surface area contributed by atoms with Crippen LogP contribution in [-0.4, -0.2) is 25.7 Å². The zero-order valence-electron chi connectivity index (χ0n) is 6.67. The quantitative estimate of drug-likeness (QED) is 0.610. The maximum absolute atomic E-state index is 11.3. The van der Waals surface area contributed by atoms with E-state index in [9.17, 15) is 4.79 Å². The summed E-state index contributed by atoms with van der Waals surface area (Å²) in [6, 6.07) is 0. The average Bonchev–Trinajstić information content (AvgIpc) is 2.47. The Morgan fingerprint density at radius 2 is 2.18 bits per heavy atom. The highest BCUT2D eigenvalue weighted by atomic mass is 16.5. The Labute approximate surface area is 66.1 Å². The molecule has 3 heteroatoms. The third-order valence-corrected chi connectivity index (χ3v) is 2.61. The third kappa shape index (κ3) is 1.03. The van der Waals surface area contributed by atoms with E-state index >= 15 is 0 Å². The number of rotatable bonds is 2. The van der Waals surface area contributed by atoms with Crippen LogP contribution >= 0.6 is 0 Å². The highest BCUT2D eigenvalue weighted by Gasteiger charge is 2.57. The molecule has 0 spiro atoms. The van der Waals surface area contributed by atoms with Crippen molar-refractivity contribution in [2.75, 3.05) is 19.8 Å². The van der Waals surface area contributed by atoms with Gasteiger partial charge in [0.25, 0.3) is 0 Å². The van der Waals surface area contributed by atoms with E-state index in [0.717, 1.165) is 19.8 Å². The van der Waals surface area contributed by atoms with Crippen molar-refractivity contribution < 1.29 is 9.53 Å². The van der Waals surface area contributed by atoms with E-state index in [1.165, 1.54) is 0 Å². The molecule has 1 N–H and O–H groups in total. The van der Waals surface area contributed by atoms with Crippen LogP contribution in [0.2, 0.25) is 0 Å². The second-order valence-corrected chi connectivity index (χ2v) is 3.29. The van der Waals surface area contributed by atoms with Crippen molar-refractivity contribution in [1.82, 2.24) is 5.32 Å². The van der Waals surface area contributed by atoms with Crippen LogP contribution in [0.3, 0.4) is 0 Å². The first-order valence-electron chi connectivity index (χ1n) is 4.20. The molecule has 11 heavy (non-hydrogen) atoms. The van der Waals surface area contributed by atoms with Crippen LogP contribution in [0, 0.1) is 17.8 Å². The molecule has 2 unspecified atom stereocenters. The lowest BCUT2D eigenvalue weighted by Gasteiger charge is -2.03. The van der Waals surface area contributed by atoms with E-state index in [-0.39, 0.29) is 11.8 Å². The lowest BCUT2D eigenvalue weighted by Crippen LogP contribution is -2.27. The summed E-state index contributed by atoms with van der Waals surface area (Å²) in [5, 5.41) is 2.84. The Balaban J connectivity index is 1.85. The number of ether oxygens (including phenoxy) is 1. The first kappa shape index (κ1) is 7.10. The van der Waals surface area contributed by atoms with Crippen LogP contribution in [0.15, 0.2) is 0 Å². The summed E-state index contributed by atoms with van der Waals surface area (Å²) in [7, 11) is 0. The van der Waals surface area contributed by atoms with Gasteiger partial charge in [-0.1, -0.05) is 0 Å². The van der Waals surface area contributed by atoms with Crippen molar-refractivity contribution in [1.29, 1.82) is 0 Å². The predicted octanol–water partition coefficient (Wildman–Crippen LogP) is 0.0149. The predicted molar refractivity (Wildman–Crippen MR) is 40.0 cm³/mol. The molecule has 1 amide bonds. The maximum Gasteiger partial charge on any atom is 0.223 e. The van der Waals surface area contributed by atoms with Crippen molar-refractivity contribution in [2.45, 2.75) is 6.92 Å². The first-order valence-corrected chi connectivity index (χ1v) is 4.20. The molecule has 1 aliphatic heterocycles. The number of nitrogens with one attached hydrogen (secondary N) is 1. The summed E-state index contributed by atoms with van der Waals surface area (Å²) in [5.41, 5.74) is 0. The molecule has 0 aromatic carbocycles. The minimum absolute atomic E-state index is 0.228. The molecule has 0 bridgehead atoms. The molecular formula is C8H13NO2. The van der Waals surface area contributed by atoms with Gasteiger partial charge < -0.3 is 10.1 Å². The van der Waals surface area contributed by atoms with Gasteiger partial charge in [-0.15, -0.1) is 0 Å². The van der Waals surface area contributed by atoms with Gasteiger partial charge in [-0.3, -0.25) is 4.79 Å². The van der Waals surface area contributed by atoms with Crippen molar-refractivity contribution in [3.63, 3.8) is 0 Å². The minimum Gasteiger partial charge on any atom is -0.381 e. The van der Waals surface area contributed by atoms with E-state index < -0.39 is 0 Å². The number of hydrogen-bond donors (Lipinski definition) is 1. The molecule has 1 saturated heterocycles. The van der Waals surface area contributed by atoms with Crippen molar-refractivity contribution >= 4 is 5.91 Å². The van der Waals surface area contributed by atoms with Gasteiger partial charge in [0.1, 0.15) is 0 Å². The summed E-state index contributed by atoms with van der Waals surface area (Å²) < 4.78 is 5.19. The van der Waals surface area contributed by atoms with Crippen LogP contribution in [-0.2, 0) is 9.53 Å². The SMILES string of the molecule is CCNC(=O)C1C2COCC21. The molecule has 2 aliphatic rings. The van der Waals surface area contributed by atoms with Crippen molar-refractivity contribution in [2.24, 2.45) is 17.8 Å². The Morgan fingerprint density at radius 3 is 2.73 bits per heavy atom. The molecule has 2 atom stereocenters. The minimum atomic E-state index is 0.228. The second kappa shape index (κ2) is 2.48. The van der Waals surface area contributed by atoms with Crippen LogP contribution < -0.4 is 5.32 Å².